The fourth-order valence-electron chi connectivity index (χ4n) is 3.04. The van der Waals surface area contributed by atoms with Gasteiger partial charge in [0.25, 0.3) is 5.91 Å². The largest absolute Gasteiger partial charge is 0.378 e. The van der Waals surface area contributed by atoms with E-state index in [1.54, 1.807) is 0 Å². The van der Waals surface area contributed by atoms with Gasteiger partial charge in [-0.1, -0.05) is 5.16 Å². The first-order chi connectivity index (χ1) is 10.6. The van der Waals surface area contributed by atoms with E-state index in [2.05, 4.69) is 10.1 Å². The minimum absolute atomic E-state index is 0.0526. The number of hydrogen-bond donors (Lipinski definition) is 0. The van der Waals surface area contributed by atoms with Gasteiger partial charge in [0.05, 0.1) is 25.5 Å². The predicted molar refractivity (Wildman–Crippen MR) is 78.3 cm³/mol. The van der Waals surface area contributed by atoms with Crippen molar-refractivity contribution in [2.45, 2.75) is 26.0 Å². The van der Waals surface area contributed by atoms with Crippen LogP contribution >= 0.6 is 0 Å². The number of carbonyl (C=O) groups is 1. The van der Waals surface area contributed by atoms with E-state index in [9.17, 15) is 4.79 Å². The van der Waals surface area contributed by atoms with Gasteiger partial charge in [-0.05, 0) is 13.8 Å². The monoisotopic (exact) mass is 309 g/mol. The molecule has 1 aromatic rings. The van der Waals surface area contributed by atoms with Crippen molar-refractivity contribution >= 4 is 5.91 Å². The highest BCUT2D eigenvalue weighted by Crippen LogP contribution is 2.22. The van der Waals surface area contributed by atoms with Crippen molar-refractivity contribution in [1.82, 2.24) is 15.0 Å². The third-order valence-corrected chi connectivity index (χ3v) is 4.17. The summed E-state index contributed by atoms with van der Waals surface area (Å²) in [5.41, 5.74) is 0.0922. The highest BCUT2D eigenvalue weighted by atomic mass is 16.5. The summed E-state index contributed by atoms with van der Waals surface area (Å²) < 4.78 is 16.2. The Labute approximate surface area is 130 Å². The van der Waals surface area contributed by atoms with E-state index in [-0.39, 0.29) is 5.91 Å². The number of nitrogens with zero attached hydrogens (tertiary/aromatic N) is 3. The van der Waals surface area contributed by atoms with Crippen LogP contribution < -0.4 is 0 Å². The molecule has 1 unspecified atom stereocenters. The molecule has 0 aromatic carbocycles. The number of rotatable bonds is 3. The van der Waals surface area contributed by atoms with Crippen molar-refractivity contribution in [2.75, 3.05) is 46.0 Å². The SMILES string of the molecule is Cc1cc(CN2CCOC(C)(C(=O)N3CCOCC3)C2)no1. The minimum atomic E-state index is -0.797. The smallest absolute Gasteiger partial charge is 0.256 e. The van der Waals surface area contributed by atoms with Gasteiger partial charge >= 0.3 is 0 Å². The summed E-state index contributed by atoms with van der Waals surface area (Å²) in [5.74, 6) is 0.854. The van der Waals surface area contributed by atoms with E-state index in [1.165, 1.54) is 0 Å². The predicted octanol–water partition coefficient (Wildman–Crippen LogP) is 0.433. The quantitative estimate of drug-likeness (QED) is 0.807. The Morgan fingerprint density at radius 2 is 2.09 bits per heavy atom. The second kappa shape index (κ2) is 6.36. The molecule has 2 saturated heterocycles. The van der Waals surface area contributed by atoms with Crippen LogP contribution in [0.4, 0.5) is 0 Å². The summed E-state index contributed by atoms with van der Waals surface area (Å²) >= 11 is 0. The van der Waals surface area contributed by atoms with Crippen molar-refractivity contribution in [1.29, 1.82) is 0 Å². The lowest BCUT2D eigenvalue weighted by Gasteiger charge is -2.42. The zero-order valence-electron chi connectivity index (χ0n) is 13.2. The third-order valence-electron chi connectivity index (χ3n) is 4.17. The molecular weight excluding hydrogens is 286 g/mol. The molecule has 122 valence electrons. The van der Waals surface area contributed by atoms with Crippen molar-refractivity contribution in [2.24, 2.45) is 0 Å². The van der Waals surface area contributed by atoms with Crippen LogP contribution in [-0.4, -0.2) is 72.5 Å². The highest BCUT2D eigenvalue weighted by Gasteiger charge is 2.42. The van der Waals surface area contributed by atoms with Gasteiger partial charge in [0, 0.05) is 38.8 Å². The van der Waals surface area contributed by atoms with Crippen LogP contribution in [0.25, 0.3) is 0 Å². The molecule has 1 atom stereocenters. The fraction of sp³-hybridized carbons (Fsp3) is 0.733. The molecule has 0 bridgehead atoms. The number of morpholine rings is 2. The van der Waals surface area contributed by atoms with Gasteiger partial charge < -0.3 is 18.9 Å². The van der Waals surface area contributed by atoms with E-state index >= 15 is 0 Å². The first-order valence-corrected chi connectivity index (χ1v) is 7.72. The average molecular weight is 309 g/mol. The number of aromatic nitrogens is 1. The Morgan fingerprint density at radius 1 is 1.32 bits per heavy atom. The van der Waals surface area contributed by atoms with Crippen LogP contribution in [0.2, 0.25) is 0 Å². The van der Waals surface area contributed by atoms with Gasteiger partial charge in [0.15, 0.2) is 5.60 Å². The van der Waals surface area contributed by atoms with Crippen LogP contribution in [-0.2, 0) is 20.8 Å². The Kier molecular flexibility index (Phi) is 4.46. The number of amides is 1. The first kappa shape index (κ1) is 15.5. The van der Waals surface area contributed by atoms with E-state index in [1.807, 2.05) is 24.8 Å². The van der Waals surface area contributed by atoms with Crippen LogP contribution in [0.1, 0.15) is 18.4 Å². The Bertz CT molecular complexity index is 527. The van der Waals surface area contributed by atoms with Gasteiger partial charge in [0.2, 0.25) is 0 Å². The molecule has 1 amide bonds. The zero-order valence-corrected chi connectivity index (χ0v) is 13.2. The van der Waals surface area contributed by atoms with Crippen LogP contribution in [0, 0.1) is 6.92 Å². The molecule has 1 aromatic heterocycles. The van der Waals surface area contributed by atoms with Crippen LogP contribution in [0.3, 0.4) is 0 Å². The summed E-state index contributed by atoms with van der Waals surface area (Å²) in [6, 6.07) is 1.93. The van der Waals surface area contributed by atoms with Gasteiger partial charge in [-0.15, -0.1) is 0 Å². The molecule has 0 aliphatic carbocycles. The van der Waals surface area contributed by atoms with Gasteiger partial charge in [-0.2, -0.15) is 0 Å². The Morgan fingerprint density at radius 3 is 2.77 bits per heavy atom. The molecule has 2 aliphatic rings. The van der Waals surface area contributed by atoms with Crippen LogP contribution in [0.15, 0.2) is 10.6 Å². The van der Waals surface area contributed by atoms with Gasteiger partial charge in [-0.3, -0.25) is 9.69 Å². The molecule has 0 N–H and O–H groups in total. The summed E-state index contributed by atoms with van der Waals surface area (Å²) in [7, 11) is 0. The first-order valence-electron chi connectivity index (χ1n) is 7.72. The lowest BCUT2D eigenvalue weighted by atomic mass is 10.0. The maximum atomic E-state index is 12.8. The van der Waals surface area contributed by atoms with Crippen molar-refractivity contribution < 1.29 is 18.8 Å². The third kappa shape index (κ3) is 3.31. The normalized spacial score (nSPS) is 27.1. The summed E-state index contributed by atoms with van der Waals surface area (Å²) in [6.45, 7) is 8.81. The summed E-state index contributed by atoms with van der Waals surface area (Å²) in [5, 5.41) is 4.02. The second-order valence-corrected chi connectivity index (χ2v) is 6.12. The molecule has 22 heavy (non-hydrogen) atoms. The average Bonchev–Trinajstić information content (AvgIpc) is 2.92. The van der Waals surface area contributed by atoms with Crippen molar-refractivity contribution in [3.05, 3.63) is 17.5 Å². The Balaban J connectivity index is 1.64. The number of carbonyl (C=O) groups excluding carboxylic acids is 1. The zero-order chi connectivity index (χ0) is 15.6. The minimum Gasteiger partial charge on any atom is -0.378 e. The maximum absolute atomic E-state index is 12.8. The molecule has 2 fully saturated rings. The summed E-state index contributed by atoms with van der Waals surface area (Å²) in [4.78, 5) is 16.8. The van der Waals surface area contributed by atoms with Crippen LogP contribution in [0.5, 0.6) is 0 Å². The molecule has 3 rings (SSSR count). The van der Waals surface area contributed by atoms with E-state index < -0.39 is 5.60 Å². The number of aryl methyl sites for hydroxylation is 1. The van der Waals surface area contributed by atoms with Gasteiger partial charge in [0.1, 0.15) is 5.76 Å². The highest BCUT2D eigenvalue weighted by molar-refractivity contribution is 5.85. The molecule has 0 radical (unpaired) electrons. The molecular formula is C15H23N3O4. The Hall–Kier alpha value is -1.44. The van der Waals surface area contributed by atoms with Crippen molar-refractivity contribution in [3.63, 3.8) is 0 Å². The second-order valence-electron chi connectivity index (χ2n) is 6.12. The van der Waals surface area contributed by atoms with E-state index in [0.29, 0.717) is 46.0 Å². The summed E-state index contributed by atoms with van der Waals surface area (Å²) in [6.07, 6.45) is 0. The van der Waals surface area contributed by atoms with Crippen molar-refractivity contribution in [3.8, 4) is 0 Å². The molecule has 3 heterocycles. The molecule has 0 spiro atoms. The molecule has 7 nitrogen and oxygen atoms in total. The lowest BCUT2D eigenvalue weighted by Crippen LogP contribution is -2.60. The molecule has 7 heteroatoms. The molecule has 0 saturated carbocycles. The lowest BCUT2D eigenvalue weighted by molar-refractivity contribution is -0.171. The van der Waals surface area contributed by atoms with Gasteiger partial charge in [-0.25, -0.2) is 0 Å². The fourth-order valence-corrected chi connectivity index (χ4v) is 3.04. The topological polar surface area (TPSA) is 68.0 Å². The standard InChI is InChI=1S/C15H23N3O4/c1-12-9-13(16-22-12)10-17-3-8-21-15(2,11-17)14(19)18-4-6-20-7-5-18/h9H,3-8,10-11H2,1-2H3. The number of hydrogen-bond acceptors (Lipinski definition) is 6. The van der Waals surface area contributed by atoms with E-state index in [4.69, 9.17) is 14.0 Å². The van der Waals surface area contributed by atoms with E-state index in [0.717, 1.165) is 18.0 Å². The molecule has 2 aliphatic heterocycles. The number of ether oxygens (including phenoxy) is 2. The maximum Gasteiger partial charge on any atom is 0.256 e.